The second-order valence-electron chi connectivity index (χ2n) is 3.39. The summed E-state index contributed by atoms with van der Waals surface area (Å²) in [7, 11) is 2.41. The fraction of sp³-hybridized carbons (Fsp3) is 0.667. The Morgan fingerprint density at radius 1 is 1.24 bits per heavy atom. The van der Waals surface area contributed by atoms with Gasteiger partial charge >= 0.3 is 11.9 Å². The second kappa shape index (κ2) is 7.69. The van der Waals surface area contributed by atoms with Crippen molar-refractivity contribution >= 4 is 11.9 Å². The number of hydrogen-bond donors (Lipinski definition) is 0. The van der Waals surface area contributed by atoms with Crippen LogP contribution in [0.25, 0.3) is 0 Å². The van der Waals surface area contributed by atoms with Crippen molar-refractivity contribution in [3.8, 4) is 12.3 Å². The number of rotatable bonds is 7. The zero-order valence-electron chi connectivity index (χ0n) is 10.4. The van der Waals surface area contributed by atoms with Gasteiger partial charge in [0.1, 0.15) is 0 Å². The first-order chi connectivity index (χ1) is 8.08. The van der Waals surface area contributed by atoms with Gasteiger partial charge < -0.3 is 14.2 Å². The number of carbonyl (C=O) groups is 2. The summed E-state index contributed by atoms with van der Waals surface area (Å²) in [5.74, 6) is 0.924. The van der Waals surface area contributed by atoms with Crippen molar-refractivity contribution in [1.82, 2.24) is 0 Å². The molecule has 0 rings (SSSR count). The highest BCUT2D eigenvalue weighted by atomic mass is 16.5. The van der Waals surface area contributed by atoms with Crippen LogP contribution >= 0.6 is 0 Å². The summed E-state index contributed by atoms with van der Waals surface area (Å²) in [6.45, 7) is 2.55. The molecule has 0 unspecified atom stereocenters. The van der Waals surface area contributed by atoms with Gasteiger partial charge in [-0.1, -0.05) is 0 Å². The Balaban J connectivity index is 5.03. The van der Waals surface area contributed by atoms with E-state index >= 15 is 0 Å². The molecular formula is C12H18O5. The van der Waals surface area contributed by atoms with Gasteiger partial charge in [0.15, 0.2) is 5.41 Å². The first kappa shape index (κ1) is 15.5. The molecule has 0 saturated carbocycles. The van der Waals surface area contributed by atoms with Crippen LogP contribution in [0.15, 0.2) is 0 Å². The van der Waals surface area contributed by atoms with Gasteiger partial charge in [-0.25, -0.2) is 0 Å². The van der Waals surface area contributed by atoms with Crippen LogP contribution in [0.3, 0.4) is 0 Å². The minimum Gasteiger partial charge on any atom is -0.468 e. The molecule has 0 aliphatic carbocycles. The summed E-state index contributed by atoms with van der Waals surface area (Å²) in [6.07, 6.45) is 5.27. The molecule has 0 aliphatic rings. The Morgan fingerprint density at radius 2 is 1.76 bits per heavy atom. The molecule has 0 radical (unpaired) electrons. The van der Waals surface area contributed by atoms with Crippen molar-refractivity contribution in [3.05, 3.63) is 0 Å². The minimum atomic E-state index is -1.46. The lowest BCUT2D eigenvalue weighted by Gasteiger charge is -2.25. The van der Waals surface area contributed by atoms with Gasteiger partial charge in [-0.3, -0.25) is 9.59 Å². The third-order valence-corrected chi connectivity index (χ3v) is 2.43. The molecule has 96 valence electrons. The number of terminal acetylenes is 1. The van der Waals surface area contributed by atoms with E-state index in [4.69, 9.17) is 11.2 Å². The lowest BCUT2D eigenvalue weighted by molar-refractivity contribution is -0.170. The average Bonchev–Trinajstić information content (AvgIpc) is 2.35. The normalized spacial score (nSPS) is 10.5. The zero-order chi connectivity index (χ0) is 13.3. The number of methoxy groups -OCH3 is 2. The van der Waals surface area contributed by atoms with E-state index in [1.807, 2.05) is 6.92 Å². The first-order valence-electron chi connectivity index (χ1n) is 5.27. The van der Waals surface area contributed by atoms with E-state index in [1.165, 1.54) is 14.2 Å². The fourth-order valence-electron chi connectivity index (χ4n) is 1.48. The molecule has 5 nitrogen and oxygen atoms in total. The number of hydrogen-bond acceptors (Lipinski definition) is 5. The maximum atomic E-state index is 11.7. The highest BCUT2D eigenvalue weighted by Crippen LogP contribution is 2.30. The Labute approximate surface area is 101 Å². The lowest BCUT2D eigenvalue weighted by atomic mass is 9.81. The topological polar surface area (TPSA) is 61.8 Å². The maximum Gasteiger partial charge on any atom is 0.324 e. The van der Waals surface area contributed by atoms with E-state index in [2.05, 4.69) is 15.4 Å². The van der Waals surface area contributed by atoms with Gasteiger partial charge in [-0.15, -0.1) is 12.3 Å². The SMILES string of the molecule is C#CCC(CCOCC)(C(=O)OC)C(=O)OC. The van der Waals surface area contributed by atoms with Crippen molar-refractivity contribution in [2.75, 3.05) is 27.4 Å². The van der Waals surface area contributed by atoms with Crippen LogP contribution in [0.5, 0.6) is 0 Å². The number of carbonyl (C=O) groups excluding carboxylic acids is 2. The molecule has 0 spiro atoms. The van der Waals surface area contributed by atoms with Crippen LogP contribution in [0, 0.1) is 17.8 Å². The van der Waals surface area contributed by atoms with Gasteiger partial charge in [0.05, 0.1) is 14.2 Å². The molecule has 5 heteroatoms. The van der Waals surface area contributed by atoms with E-state index in [-0.39, 0.29) is 19.4 Å². The summed E-state index contributed by atoms with van der Waals surface area (Å²) in [4.78, 5) is 23.5. The lowest BCUT2D eigenvalue weighted by Crippen LogP contribution is -2.42. The molecular weight excluding hydrogens is 224 g/mol. The van der Waals surface area contributed by atoms with Gasteiger partial charge in [0.2, 0.25) is 0 Å². The fourth-order valence-corrected chi connectivity index (χ4v) is 1.48. The standard InChI is InChI=1S/C12H18O5/c1-5-7-12(10(13)15-3,11(14)16-4)8-9-17-6-2/h1H,6-9H2,2-4H3. The van der Waals surface area contributed by atoms with Crippen molar-refractivity contribution in [3.63, 3.8) is 0 Å². The molecule has 0 N–H and O–H groups in total. The van der Waals surface area contributed by atoms with Crippen LogP contribution in [0.2, 0.25) is 0 Å². The second-order valence-corrected chi connectivity index (χ2v) is 3.39. The first-order valence-corrected chi connectivity index (χ1v) is 5.27. The third kappa shape index (κ3) is 3.75. The molecule has 0 aliphatic heterocycles. The molecule has 0 aromatic heterocycles. The Bertz CT molecular complexity index is 287. The monoisotopic (exact) mass is 242 g/mol. The minimum absolute atomic E-state index is 0.0700. The Hall–Kier alpha value is -1.54. The van der Waals surface area contributed by atoms with Crippen LogP contribution in [-0.4, -0.2) is 39.4 Å². The van der Waals surface area contributed by atoms with Gasteiger partial charge in [-0.2, -0.15) is 0 Å². The van der Waals surface area contributed by atoms with Crippen molar-refractivity contribution in [2.45, 2.75) is 19.8 Å². The summed E-state index contributed by atoms with van der Waals surface area (Å²) in [5.41, 5.74) is -1.46. The maximum absolute atomic E-state index is 11.7. The molecule has 0 aromatic carbocycles. The highest BCUT2D eigenvalue weighted by molar-refractivity contribution is 6.00. The molecule has 0 amide bonds. The van der Waals surface area contributed by atoms with Crippen LogP contribution < -0.4 is 0 Å². The molecule has 17 heavy (non-hydrogen) atoms. The smallest absolute Gasteiger partial charge is 0.324 e. The summed E-state index contributed by atoms with van der Waals surface area (Å²) < 4.78 is 14.4. The molecule has 0 heterocycles. The summed E-state index contributed by atoms with van der Waals surface area (Å²) in [6, 6.07) is 0. The van der Waals surface area contributed by atoms with E-state index in [0.29, 0.717) is 6.61 Å². The Morgan fingerprint density at radius 3 is 2.12 bits per heavy atom. The molecule has 0 atom stereocenters. The van der Waals surface area contributed by atoms with E-state index < -0.39 is 17.4 Å². The molecule has 0 saturated heterocycles. The third-order valence-electron chi connectivity index (χ3n) is 2.43. The van der Waals surface area contributed by atoms with E-state index in [1.54, 1.807) is 0 Å². The van der Waals surface area contributed by atoms with Gasteiger partial charge in [-0.05, 0) is 13.3 Å². The molecule has 0 aromatic rings. The van der Waals surface area contributed by atoms with Crippen LogP contribution in [0.4, 0.5) is 0 Å². The average molecular weight is 242 g/mol. The summed E-state index contributed by atoms with van der Waals surface area (Å²) >= 11 is 0. The van der Waals surface area contributed by atoms with Crippen molar-refractivity contribution < 1.29 is 23.8 Å². The number of esters is 2. The summed E-state index contributed by atoms with van der Waals surface area (Å²) in [5, 5.41) is 0. The molecule has 0 fully saturated rings. The van der Waals surface area contributed by atoms with Crippen LogP contribution in [0.1, 0.15) is 19.8 Å². The molecule has 0 bridgehead atoms. The van der Waals surface area contributed by atoms with E-state index in [0.717, 1.165) is 0 Å². The quantitative estimate of drug-likeness (QED) is 0.285. The van der Waals surface area contributed by atoms with Crippen molar-refractivity contribution in [1.29, 1.82) is 0 Å². The predicted octanol–water partition coefficient (Wildman–Crippen LogP) is 0.769. The Kier molecular flexibility index (Phi) is 6.99. The highest BCUT2D eigenvalue weighted by Gasteiger charge is 2.47. The number of ether oxygens (including phenoxy) is 3. The van der Waals surface area contributed by atoms with Crippen molar-refractivity contribution in [2.24, 2.45) is 5.41 Å². The van der Waals surface area contributed by atoms with Gasteiger partial charge in [0, 0.05) is 19.6 Å². The predicted molar refractivity (Wildman–Crippen MR) is 61.0 cm³/mol. The van der Waals surface area contributed by atoms with Gasteiger partial charge in [0.25, 0.3) is 0 Å². The zero-order valence-corrected chi connectivity index (χ0v) is 10.4. The largest absolute Gasteiger partial charge is 0.468 e. The van der Waals surface area contributed by atoms with E-state index in [9.17, 15) is 9.59 Å². The van der Waals surface area contributed by atoms with Crippen LogP contribution in [-0.2, 0) is 23.8 Å².